The zero-order chi connectivity index (χ0) is 46.4. The molecule has 4 N–H and O–H groups in total. The van der Waals surface area contributed by atoms with Crippen LogP contribution in [0.3, 0.4) is 0 Å². The smallest absolute Gasteiger partial charge is 0.245 e. The third-order valence-electron chi connectivity index (χ3n) is 12.6. The van der Waals surface area contributed by atoms with Gasteiger partial charge in [-0.05, 0) is 68.0 Å². The van der Waals surface area contributed by atoms with Crippen molar-refractivity contribution >= 4 is 35.2 Å². The summed E-state index contributed by atoms with van der Waals surface area (Å²) in [6.07, 6.45) is 1.05. The predicted molar refractivity (Wildman–Crippen MR) is 245 cm³/mol. The van der Waals surface area contributed by atoms with Gasteiger partial charge in [0.2, 0.25) is 29.5 Å². The van der Waals surface area contributed by atoms with Crippen LogP contribution in [0.15, 0.2) is 54.6 Å². The summed E-state index contributed by atoms with van der Waals surface area (Å²) in [5.74, 6) is -2.12. The van der Waals surface area contributed by atoms with E-state index in [9.17, 15) is 24.0 Å². The molecular weight excluding hydrogens is 787 g/mol. The van der Waals surface area contributed by atoms with Crippen molar-refractivity contribution in [3.63, 3.8) is 0 Å². The summed E-state index contributed by atoms with van der Waals surface area (Å²) in [4.78, 5) is 77.3. The fourth-order valence-electron chi connectivity index (χ4n) is 9.01. The highest BCUT2D eigenvalue weighted by molar-refractivity contribution is 5.91. The lowest BCUT2D eigenvalue weighted by atomic mass is 9.89. The van der Waals surface area contributed by atoms with Crippen LogP contribution in [0.5, 0.6) is 0 Å². The molecule has 1 aliphatic rings. The van der Waals surface area contributed by atoms with Gasteiger partial charge in [-0.15, -0.1) is 0 Å². The Labute approximate surface area is 371 Å². The van der Waals surface area contributed by atoms with Gasteiger partial charge in [0, 0.05) is 53.5 Å². The summed E-state index contributed by atoms with van der Waals surface area (Å²) in [6.45, 7) is 14.5. The third kappa shape index (κ3) is 13.7. The van der Waals surface area contributed by atoms with Gasteiger partial charge in [-0.1, -0.05) is 97.4 Å². The predicted octanol–water partition coefficient (Wildman–Crippen LogP) is 4.60. The van der Waals surface area contributed by atoms with Crippen molar-refractivity contribution in [1.82, 2.24) is 30.2 Å². The van der Waals surface area contributed by atoms with E-state index in [1.807, 2.05) is 103 Å². The summed E-state index contributed by atoms with van der Waals surface area (Å²) < 4.78 is 12.1. The van der Waals surface area contributed by atoms with Crippen LogP contribution >= 0.6 is 0 Å². The summed E-state index contributed by atoms with van der Waals surface area (Å²) in [5, 5.41) is 6.09. The molecule has 0 radical (unpaired) electrons. The van der Waals surface area contributed by atoms with Crippen molar-refractivity contribution in [3.8, 4) is 0 Å². The number of likely N-dealkylation sites (tertiary alicyclic amines) is 1. The molecule has 5 amide bonds. The number of nitrogens with one attached hydrogen (secondary N) is 2. The monoisotopic (exact) mass is 864 g/mol. The van der Waals surface area contributed by atoms with Crippen molar-refractivity contribution in [1.29, 1.82) is 0 Å². The van der Waals surface area contributed by atoms with Crippen LogP contribution in [0, 0.1) is 23.7 Å². The van der Waals surface area contributed by atoms with Gasteiger partial charge in [0.1, 0.15) is 12.1 Å². The molecule has 0 aromatic heterocycles. The molecule has 62 heavy (non-hydrogen) atoms. The number of anilines is 1. The second kappa shape index (κ2) is 24.4. The average Bonchev–Trinajstić information content (AvgIpc) is 3.72. The lowest BCUT2D eigenvalue weighted by molar-refractivity contribution is -0.148. The second-order valence-electron chi connectivity index (χ2n) is 18.2. The largest absolute Gasteiger partial charge is 0.399 e. The fourth-order valence-corrected chi connectivity index (χ4v) is 9.01. The van der Waals surface area contributed by atoms with Crippen LogP contribution in [-0.2, 0) is 46.4 Å². The molecule has 1 fully saturated rings. The molecule has 1 heterocycles. The third-order valence-corrected chi connectivity index (χ3v) is 12.6. The molecule has 1 unspecified atom stereocenters. The quantitative estimate of drug-likeness (QED) is 0.135. The van der Waals surface area contributed by atoms with Gasteiger partial charge in [0.15, 0.2) is 0 Å². The van der Waals surface area contributed by atoms with E-state index in [0.717, 1.165) is 24.0 Å². The number of methoxy groups -OCH3 is 2. The maximum Gasteiger partial charge on any atom is 0.245 e. The standard InChI is InChI=1S/C48H77N7O7/c1-14-32(6)43(54(11)48(60)41(30(2)3)51-46(58)42(31(4)5)52(8)9)39(61-12)28-40(56)55-26-18-21-38(55)44(62-13)33(7)45(57)50-37(27-34-19-16-15-17-20-34)47(59)53(10)29-35-22-24-36(49)25-23-35/h15-17,19-20,22-25,30-33,37-39,41-44H,14,18,21,26-29,49H2,1-13H3,(H,50,57)(H,51,58)/t32-,33+,37?,38-,39+,41-,42-,43-,44+/m0/s1. The molecule has 0 spiro atoms. The Bertz CT molecular complexity index is 1730. The lowest BCUT2D eigenvalue weighted by Crippen LogP contribution is -2.59. The molecule has 346 valence electrons. The van der Waals surface area contributed by atoms with Crippen LogP contribution in [0.25, 0.3) is 0 Å². The number of nitrogens with two attached hydrogens (primary N) is 1. The Morgan fingerprint density at radius 1 is 0.806 bits per heavy atom. The van der Waals surface area contributed by atoms with E-state index < -0.39 is 48.3 Å². The molecule has 2 aromatic rings. The Balaban J connectivity index is 1.82. The van der Waals surface area contributed by atoms with E-state index in [-0.39, 0.29) is 53.7 Å². The highest BCUT2D eigenvalue weighted by atomic mass is 16.5. The van der Waals surface area contributed by atoms with E-state index in [0.29, 0.717) is 31.6 Å². The molecule has 9 atom stereocenters. The van der Waals surface area contributed by atoms with Crippen LogP contribution in [0.2, 0.25) is 0 Å². The number of rotatable bonds is 23. The highest BCUT2D eigenvalue weighted by Gasteiger charge is 2.43. The molecule has 3 rings (SSSR count). The maximum atomic E-state index is 14.4. The number of benzene rings is 2. The van der Waals surface area contributed by atoms with E-state index >= 15 is 0 Å². The first-order chi connectivity index (χ1) is 29.3. The Morgan fingerprint density at radius 2 is 1.44 bits per heavy atom. The minimum Gasteiger partial charge on any atom is -0.399 e. The molecule has 14 nitrogen and oxygen atoms in total. The van der Waals surface area contributed by atoms with Crippen molar-refractivity contribution < 1.29 is 33.4 Å². The van der Waals surface area contributed by atoms with Crippen LogP contribution < -0.4 is 16.4 Å². The van der Waals surface area contributed by atoms with Gasteiger partial charge in [0.05, 0.1) is 42.7 Å². The Morgan fingerprint density at radius 3 is 1.97 bits per heavy atom. The molecule has 0 bridgehead atoms. The Kier molecular flexibility index (Phi) is 20.4. The molecule has 1 aliphatic heterocycles. The van der Waals surface area contributed by atoms with Gasteiger partial charge >= 0.3 is 0 Å². The molecule has 0 saturated carbocycles. The van der Waals surface area contributed by atoms with Gasteiger partial charge in [0.25, 0.3) is 0 Å². The van der Waals surface area contributed by atoms with Gasteiger partial charge in [-0.2, -0.15) is 0 Å². The number of nitrogen functional groups attached to an aromatic ring is 1. The minimum absolute atomic E-state index is 0.000606. The summed E-state index contributed by atoms with van der Waals surface area (Å²) in [7, 11) is 10.3. The van der Waals surface area contributed by atoms with Crippen LogP contribution in [0.4, 0.5) is 5.69 Å². The zero-order valence-electron chi connectivity index (χ0n) is 39.7. The number of carbonyl (C=O) groups is 5. The molecular formula is C48H77N7O7. The normalized spacial score (nSPS) is 18.1. The topological polar surface area (TPSA) is 167 Å². The maximum absolute atomic E-state index is 14.4. The van der Waals surface area contributed by atoms with E-state index in [2.05, 4.69) is 10.6 Å². The van der Waals surface area contributed by atoms with Crippen LogP contribution in [-0.4, -0.2) is 141 Å². The number of hydrogen-bond donors (Lipinski definition) is 3. The summed E-state index contributed by atoms with van der Waals surface area (Å²) in [5.41, 5.74) is 8.32. The number of carbonyl (C=O) groups excluding carboxylic acids is 5. The van der Waals surface area contributed by atoms with Gasteiger partial charge in [-0.3, -0.25) is 28.9 Å². The number of nitrogens with zero attached hydrogens (tertiary/aromatic N) is 4. The van der Waals surface area contributed by atoms with E-state index in [1.165, 1.54) is 0 Å². The van der Waals surface area contributed by atoms with E-state index in [4.69, 9.17) is 15.2 Å². The number of amides is 5. The zero-order valence-corrected chi connectivity index (χ0v) is 39.7. The van der Waals surface area contributed by atoms with Gasteiger partial charge < -0.3 is 40.5 Å². The van der Waals surface area contributed by atoms with Gasteiger partial charge in [-0.25, -0.2) is 0 Å². The summed E-state index contributed by atoms with van der Waals surface area (Å²) in [6, 6.07) is 14.0. The first kappa shape index (κ1) is 51.8. The second-order valence-corrected chi connectivity index (χ2v) is 18.2. The van der Waals surface area contributed by atoms with Crippen molar-refractivity contribution in [3.05, 3.63) is 65.7 Å². The molecule has 14 heteroatoms. The first-order valence-electron chi connectivity index (χ1n) is 22.3. The number of ether oxygens (including phenoxy) is 2. The van der Waals surface area contributed by atoms with Crippen molar-refractivity contribution in [2.45, 2.75) is 130 Å². The fraction of sp³-hybridized carbons (Fsp3) is 0.646. The van der Waals surface area contributed by atoms with Crippen molar-refractivity contribution in [2.75, 3.05) is 54.7 Å². The highest BCUT2D eigenvalue weighted by Crippen LogP contribution is 2.30. The Hall–Kier alpha value is -4.53. The SMILES string of the molecule is CC[C@H](C)[C@@H]([C@@H](CC(=O)N1CCC[C@H]1[C@H](OC)[C@@H](C)C(=O)NC(Cc1ccccc1)C(=O)N(C)Cc1ccc(N)cc1)OC)N(C)C(=O)[C@@H](NC(=O)[C@H](C(C)C)N(C)C)C(C)C. The number of hydrogen-bond acceptors (Lipinski definition) is 9. The first-order valence-corrected chi connectivity index (χ1v) is 22.3. The van der Waals surface area contributed by atoms with E-state index in [1.54, 1.807) is 62.1 Å². The summed E-state index contributed by atoms with van der Waals surface area (Å²) >= 11 is 0. The molecule has 0 aliphatic carbocycles. The minimum atomic E-state index is -0.849. The lowest BCUT2D eigenvalue weighted by Gasteiger charge is -2.41. The number of likely N-dealkylation sites (N-methyl/N-ethyl adjacent to an activating group) is 3. The molecule has 2 aromatic carbocycles. The van der Waals surface area contributed by atoms with Crippen molar-refractivity contribution in [2.24, 2.45) is 23.7 Å². The average molecular weight is 864 g/mol. The molecule has 1 saturated heterocycles. The van der Waals surface area contributed by atoms with Crippen LogP contribution in [0.1, 0.15) is 85.3 Å².